The number of benzene rings is 2. The summed E-state index contributed by atoms with van der Waals surface area (Å²) in [5.74, 6) is 1.68. The molecule has 0 atom stereocenters. The quantitative estimate of drug-likeness (QED) is 0.268. The fourth-order valence-corrected chi connectivity index (χ4v) is 4.60. The van der Waals surface area contributed by atoms with Crippen molar-refractivity contribution >= 4 is 41.0 Å². The summed E-state index contributed by atoms with van der Waals surface area (Å²) in [4.78, 5) is 17.7. The van der Waals surface area contributed by atoms with Crippen molar-refractivity contribution in [3.8, 4) is 17.1 Å². The van der Waals surface area contributed by atoms with Gasteiger partial charge in [-0.05, 0) is 48.5 Å². The van der Waals surface area contributed by atoms with Crippen LogP contribution in [0.3, 0.4) is 0 Å². The van der Waals surface area contributed by atoms with Crippen LogP contribution < -0.4 is 5.32 Å². The number of amides is 1. The molecule has 2 aromatic carbocycles. The monoisotopic (exact) mass is 481 g/mol. The zero-order valence-corrected chi connectivity index (χ0v) is 19.4. The number of pyridine rings is 1. The Morgan fingerprint density at radius 2 is 1.78 bits per heavy atom. The summed E-state index contributed by atoms with van der Waals surface area (Å²) in [6, 6.07) is 21.3. The molecular formula is C23H20ClN5OS2. The fraction of sp³-hybridized carbons (Fsp3) is 0.130. The van der Waals surface area contributed by atoms with Crippen LogP contribution in [0.5, 0.6) is 0 Å². The molecule has 1 amide bonds. The predicted octanol–water partition coefficient (Wildman–Crippen LogP) is 4.98. The Hall–Kier alpha value is -2.81. The molecule has 9 heteroatoms. The number of rotatable bonds is 9. The van der Waals surface area contributed by atoms with Gasteiger partial charge in [-0.2, -0.15) is 0 Å². The van der Waals surface area contributed by atoms with Gasteiger partial charge in [0.1, 0.15) is 0 Å². The van der Waals surface area contributed by atoms with Crippen LogP contribution in [0.1, 0.15) is 0 Å². The Kier molecular flexibility index (Phi) is 7.82. The number of halogens is 1. The van der Waals surface area contributed by atoms with Crippen molar-refractivity contribution in [2.24, 2.45) is 0 Å². The first-order chi connectivity index (χ1) is 15.7. The minimum absolute atomic E-state index is 0.0442. The molecule has 4 aromatic rings. The molecule has 2 aromatic heterocycles. The van der Waals surface area contributed by atoms with E-state index >= 15 is 0 Å². The third-order valence-corrected chi connectivity index (χ3v) is 6.60. The molecule has 4 rings (SSSR count). The molecule has 0 unspecified atom stereocenters. The molecule has 0 aliphatic heterocycles. The first kappa shape index (κ1) is 22.4. The van der Waals surface area contributed by atoms with E-state index in [4.69, 9.17) is 11.6 Å². The van der Waals surface area contributed by atoms with Gasteiger partial charge >= 0.3 is 0 Å². The van der Waals surface area contributed by atoms with Gasteiger partial charge in [-0.15, -0.1) is 22.0 Å². The van der Waals surface area contributed by atoms with Crippen LogP contribution in [-0.2, 0) is 4.79 Å². The van der Waals surface area contributed by atoms with Gasteiger partial charge in [-0.25, -0.2) is 0 Å². The van der Waals surface area contributed by atoms with E-state index < -0.39 is 0 Å². The van der Waals surface area contributed by atoms with E-state index in [-0.39, 0.29) is 11.7 Å². The standard InChI is InChI=1S/C23H20ClN5OS2/c24-18-8-10-20(11-9-18)31-14-13-26-21(30)16-32-23-28-27-22(17-5-4-12-25-15-17)29(23)19-6-2-1-3-7-19/h1-12,15H,13-14,16H2,(H,26,30). The second kappa shape index (κ2) is 11.2. The fourth-order valence-electron chi connectivity index (χ4n) is 2.93. The second-order valence-electron chi connectivity index (χ2n) is 6.66. The maximum absolute atomic E-state index is 12.4. The Balaban J connectivity index is 1.37. The van der Waals surface area contributed by atoms with Crippen molar-refractivity contribution in [1.29, 1.82) is 0 Å². The number of thioether (sulfide) groups is 2. The van der Waals surface area contributed by atoms with Crippen LogP contribution in [0.15, 0.2) is 89.2 Å². The predicted molar refractivity (Wildman–Crippen MR) is 130 cm³/mol. The molecule has 0 spiro atoms. The van der Waals surface area contributed by atoms with Gasteiger partial charge in [0.15, 0.2) is 11.0 Å². The summed E-state index contributed by atoms with van der Waals surface area (Å²) in [5.41, 5.74) is 1.79. The normalized spacial score (nSPS) is 10.8. The minimum Gasteiger partial charge on any atom is -0.355 e. The van der Waals surface area contributed by atoms with E-state index in [1.165, 1.54) is 11.8 Å². The van der Waals surface area contributed by atoms with Crippen molar-refractivity contribution in [1.82, 2.24) is 25.1 Å². The molecule has 0 saturated heterocycles. The summed E-state index contributed by atoms with van der Waals surface area (Å²) in [6.45, 7) is 0.582. The first-order valence-corrected chi connectivity index (χ1v) is 12.2. The molecule has 162 valence electrons. The number of hydrogen-bond donors (Lipinski definition) is 1. The summed E-state index contributed by atoms with van der Waals surface area (Å²) in [6.07, 6.45) is 3.47. The number of nitrogens with zero attached hydrogens (tertiary/aromatic N) is 4. The Morgan fingerprint density at radius 1 is 0.969 bits per heavy atom. The van der Waals surface area contributed by atoms with E-state index in [9.17, 15) is 4.79 Å². The Bertz CT molecular complexity index is 1150. The number of carbonyl (C=O) groups excluding carboxylic acids is 1. The smallest absolute Gasteiger partial charge is 0.230 e. The highest BCUT2D eigenvalue weighted by Crippen LogP contribution is 2.27. The number of hydrogen-bond acceptors (Lipinski definition) is 6. The topological polar surface area (TPSA) is 72.7 Å². The van der Waals surface area contributed by atoms with Crippen molar-refractivity contribution in [3.63, 3.8) is 0 Å². The SMILES string of the molecule is O=C(CSc1nnc(-c2cccnc2)n1-c1ccccc1)NCCSc1ccc(Cl)cc1. The van der Waals surface area contributed by atoms with Crippen LogP contribution in [-0.4, -0.2) is 43.7 Å². The number of carbonyl (C=O) groups is 1. The van der Waals surface area contributed by atoms with E-state index in [1.807, 2.05) is 71.3 Å². The van der Waals surface area contributed by atoms with Gasteiger partial charge in [0.05, 0.1) is 5.75 Å². The van der Waals surface area contributed by atoms with Gasteiger partial charge in [0.25, 0.3) is 0 Å². The minimum atomic E-state index is -0.0442. The highest BCUT2D eigenvalue weighted by atomic mass is 35.5. The van der Waals surface area contributed by atoms with Crippen molar-refractivity contribution < 1.29 is 4.79 Å². The van der Waals surface area contributed by atoms with Crippen LogP contribution in [0.25, 0.3) is 17.1 Å². The first-order valence-electron chi connectivity index (χ1n) is 9.90. The summed E-state index contributed by atoms with van der Waals surface area (Å²) in [7, 11) is 0. The molecule has 6 nitrogen and oxygen atoms in total. The maximum Gasteiger partial charge on any atom is 0.230 e. The molecule has 0 aliphatic rings. The Morgan fingerprint density at radius 3 is 2.53 bits per heavy atom. The van der Waals surface area contributed by atoms with Crippen molar-refractivity contribution in [2.45, 2.75) is 10.1 Å². The lowest BCUT2D eigenvalue weighted by Crippen LogP contribution is -2.27. The van der Waals surface area contributed by atoms with Gasteiger partial charge in [-0.1, -0.05) is 41.6 Å². The molecule has 1 N–H and O–H groups in total. The summed E-state index contributed by atoms with van der Waals surface area (Å²) >= 11 is 8.93. The molecule has 0 radical (unpaired) electrons. The summed E-state index contributed by atoms with van der Waals surface area (Å²) < 4.78 is 1.95. The highest BCUT2D eigenvalue weighted by molar-refractivity contribution is 7.99. The van der Waals surface area contributed by atoms with Gasteiger partial charge < -0.3 is 5.32 Å². The van der Waals surface area contributed by atoms with E-state index in [0.717, 1.165) is 26.9 Å². The molecule has 0 fully saturated rings. The van der Waals surface area contributed by atoms with Gasteiger partial charge in [0, 0.05) is 45.9 Å². The lowest BCUT2D eigenvalue weighted by molar-refractivity contribution is -0.118. The van der Waals surface area contributed by atoms with Crippen molar-refractivity contribution in [2.75, 3.05) is 18.1 Å². The van der Waals surface area contributed by atoms with E-state index in [2.05, 4.69) is 20.5 Å². The highest BCUT2D eigenvalue weighted by Gasteiger charge is 2.17. The lowest BCUT2D eigenvalue weighted by atomic mass is 10.2. The molecule has 0 aliphatic carbocycles. The van der Waals surface area contributed by atoms with Crippen LogP contribution in [0.4, 0.5) is 0 Å². The zero-order valence-electron chi connectivity index (χ0n) is 17.0. The third kappa shape index (κ3) is 5.91. The zero-order chi connectivity index (χ0) is 22.2. The van der Waals surface area contributed by atoms with Crippen LogP contribution in [0, 0.1) is 0 Å². The molecule has 0 bridgehead atoms. The number of aromatic nitrogens is 4. The van der Waals surface area contributed by atoms with E-state index in [0.29, 0.717) is 17.5 Å². The van der Waals surface area contributed by atoms with E-state index in [1.54, 1.807) is 24.2 Å². The molecule has 2 heterocycles. The van der Waals surface area contributed by atoms with Crippen molar-refractivity contribution in [3.05, 3.63) is 84.1 Å². The van der Waals surface area contributed by atoms with Crippen LogP contribution in [0.2, 0.25) is 5.02 Å². The maximum atomic E-state index is 12.4. The Labute approximate surface area is 199 Å². The molecular weight excluding hydrogens is 462 g/mol. The van der Waals surface area contributed by atoms with Gasteiger partial charge in [-0.3, -0.25) is 14.3 Å². The average Bonchev–Trinajstić information content (AvgIpc) is 3.27. The largest absolute Gasteiger partial charge is 0.355 e. The van der Waals surface area contributed by atoms with Crippen LogP contribution >= 0.6 is 35.1 Å². The summed E-state index contributed by atoms with van der Waals surface area (Å²) in [5, 5.41) is 13.0. The molecule has 0 saturated carbocycles. The number of nitrogens with one attached hydrogen (secondary N) is 1. The number of para-hydroxylation sites is 1. The van der Waals surface area contributed by atoms with Gasteiger partial charge in [0.2, 0.25) is 5.91 Å². The molecule has 32 heavy (non-hydrogen) atoms. The third-order valence-electron chi connectivity index (χ3n) is 4.41. The second-order valence-corrected chi connectivity index (χ2v) is 9.21. The lowest BCUT2D eigenvalue weighted by Gasteiger charge is -2.10. The average molecular weight is 482 g/mol.